The summed E-state index contributed by atoms with van der Waals surface area (Å²) in [5.41, 5.74) is 6.56. The van der Waals surface area contributed by atoms with Gasteiger partial charge in [-0.2, -0.15) is 0 Å². The summed E-state index contributed by atoms with van der Waals surface area (Å²) in [6, 6.07) is 7.75. The highest BCUT2D eigenvalue weighted by atomic mass is 16.5. The molecule has 0 bridgehead atoms. The molecule has 2 atom stereocenters. The van der Waals surface area contributed by atoms with Crippen molar-refractivity contribution < 1.29 is 9.53 Å². The topological polar surface area (TPSA) is 64.4 Å². The summed E-state index contributed by atoms with van der Waals surface area (Å²) in [5.74, 6) is 1.05. The molecule has 0 fully saturated rings. The smallest absolute Gasteiger partial charge is 0.220 e. The molecule has 3 N–H and O–H groups in total. The van der Waals surface area contributed by atoms with Gasteiger partial charge in [0.05, 0.1) is 13.2 Å². The Hall–Kier alpha value is -1.55. The number of methoxy groups -OCH3 is 1. The minimum absolute atomic E-state index is 0.0198. The molecular weight excluding hydrogens is 240 g/mol. The Morgan fingerprint density at radius 1 is 1.42 bits per heavy atom. The van der Waals surface area contributed by atoms with Crippen LogP contribution < -0.4 is 15.8 Å². The summed E-state index contributed by atoms with van der Waals surface area (Å²) in [4.78, 5) is 11.9. The van der Waals surface area contributed by atoms with Crippen molar-refractivity contribution >= 4 is 5.91 Å². The van der Waals surface area contributed by atoms with Crippen molar-refractivity contribution in [1.29, 1.82) is 0 Å². The number of benzene rings is 1. The Kier molecular flexibility index (Phi) is 6.36. The number of amides is 1. The van der Waals surface area contributed by atoms with Crippen molar-refractivity contribution in [3.63, 3.8) is 0 Å². The fourth-order valence-corrected chi connectivity index (χ4v) is 2.01. The molecule has 1 aromatic carbocycles. The van der Waals surface area contributed by atoms with E-state index in [2.05, 4.69) is 5.32 Å². The number of carbonyl (C=O) groups is 1. The van der Waals surface area contributed by atoms with Crippen LogP contribution in [0.1, 0.15) is 38.3 Å². The highest BCUT2D eigenvalue weighted by Crippen LogP contribution is 2.26. The summed E-state index contributed by atoms with van der Waals surface area (Å²) < 4.78 is 5.34. The summed E-state index contributed by atoms with van der Waals surface area (Å²) >= 11 is 0. The van der Waals surface area contributed by atoms with Crippen molar-refractivity contribution in [2.45, 2.75) is 32.7 Å². The lowest BCUT2D eigenvalue weighted by atomic mass is 10.0. The molecule has 0 radical (unpaired) electrons. The van der Waals surface area contributed by atoms with Gasteiger partial charge in [0.25, 0.3) is 0 Å². The minimum Gasteiger partial charge on any atom is -0.496 e. The third-order valence-electron chi connectivity index (χ3n) is 3.19. The highest BCUT2D eigenvalue weighted by molar-refractivity contribution is 5.76. The Morgan fingerprint density at radius 3 is 2.68 bits per heavy atom. The number of carbonyl (C=O) groups excluding carboxylic acids is 1. The number of rotatable bonds is 7. The van der Waals surface area contributed by atoms with Gasteiger partial charge in [0.1, 0.15) is 5.75 Å². The molecule has 0 saturated carbocycles. The van der Waals surface area contributed by atoms with E-state index >= 15 is 0 Å². The maximum atomic E-state index is 11.9. The standard InChI is InChI=1S/C15H24N2O2/c1-4-13(17-15(18)9-11(2)10-16)12-7-5-6-8-14(12)19-3/h5-8,11,13H,4,9-10,16H2,1-3H3,(H,17,18). The second kappa shape index (κ2) is 7.79. The lowest BCUT2D eigenvalue weighted by molar-refractivity contribution is -0.122. The first kappa shape index (κ1) is 15.5. The quantitative estimate of drug-likeness (QED) is 0.794. The fourth-order valence-electron chi connectivity index (χ4n) is 2.01. The van der Waals surface area contributed by atoms with E-state index < -0.39 is 0 Å². The molecular formula is C15H24N2O2. The largest absolute Gasteiger partial charge is 0.496 e. The van der Waals surface area contributed by atoms with Crippen LogP contribution in [0.25, 0.3) is 0 Å². The molecule has 106 valence electrons. The van der Waals surface area contributed by atoms with Crippen LogP contribution in [0.5, 0.6) is 5.75 Å². The van der Waals surface area contributed by atoms with Gasteiger partial charge in [-0.05, 0) is 24.9 Å². The summed E-state index contributed by atoms with van der Waals surface area (Å²) in [6.07, 6.45) is 1.28. The van der Waals surface area contributed by atoms with Crippen LogP contribution in [0.15, 0.2) is 24.3 Å². The predicted molar refractivity (Wildman–Crippen MR) is 77.0 cm³/mol. The average molecular weight is 264 g/mol. The van der Waals surface area contributed by atoms with Gasteiger partial charge in [0, 0.05) is 12.0 Å². The van der Waals surface area contributed by atoms with Crippen molar-refractivity contribution in [3.05, 3.63) is 29.8 Å². The SMILES string of the molecule is CCC(NC(=O)CC(C)CN)c1ccccc1OC. The van der Waals surface area contributed by atoms with Crippen LogP contribution in [-0.4, -0.2) is 19.6 Å². The van der Waals surface area contributed by atoms with Gasteiger partial charge in [0.2, 0.25) is 5.91 Å². The molecule has 0 aromatic heterocycles. The molecule has 4 nitrogen and oxygen atoms in total. The lowest BCUT2D eigenvalue weighted by Gasteiger charge is -2.20. The zero-order valence-electron chi connectivity index (χ0n) is 12.0. The zero-order valence-corrected chi connectivity index (χ0v) is 12.0. The molecule has 1 aromatic rings. The Labute approximate surface area is 115 Å². The minimum atomic E-state index is -0.0198. The molecule has 1 amide bonds. The monoisotopic (exact) mass is 264 g/mol. The summed E-state index contributed by atoms with van der Waals surface area (Å²) in [7, 11) is 1.64. The Bertz CT molecular complexity index is 407. The van der Waals surface area contributed by atoms with E-state index in [1.807, 2.05) is 38.1 Å². The third kappa shape index (κ3) is 4.56. The zero-order chi connectivity index (χ0) is 14.3. The average Bonchev–Trinajstić information content (AvgIpc) is 2.44. The van der Waals surface area contributed by atoms with Crippen LogP contribution in [0.3, 0.4) is 0 Å². The maximum Gasteiger partial charge on any atom is 0.220 e. The molecule has 0 aliphatic rings. The van der Waals surface area contributed by atoms with Crippen molar-refractivity contribution in [2.24, 2.45) is 11.7 Å². The summed E-state index contributed by atoms with van der Waals surface area (Å²) in [5, 5.41) is 3.05. The predicted octanol–water partition coefficient (Wildman–Crippen LogP) is 2.25. The number of nitrogens with one attached hydrogen (secondary N) is 1. The van der Waals surface area contributed by atoms with Gasteiger partial charge in [0.15, 0.2) is 0 Å². The summed E-state index contributed by atoms with van der Waals surface area (Å²) in [6.45, 7) is 4.55. The van der Waals surface area contributed by atoms with E-state index in [1.165, 1.54) is 0 Å². The normalized spacial score (nSPS) is 13.7. The second-order valence-electron chi connectivity index (χ2n) is 4.82. The molecule has 1 rings (SSSR count). The maximum absolute atomic E-state index is 11.9. The van der Waals surface area contributed by atoms with Crippen molar-refractivity contribution in [1.82, 2.24) is 5.32 Å². The van der Waals surface area contributed by atoms with Crippen molar-refractivity contribution in [3.8, 4) is 5.75 Å². The van der Waals surface area contributed by atoms with Crippen LogP contribution in [0, 0.1) is 5.92 Å². The molecule has 0 aliphatic carbocycles. The number of ether oxygens (including phenoxy) is 1. The van der Waals surface area contributed by atoms with E-state index in [4.69, 9.17) is 10.5 Å². The van der Waals surface area contributed by atoms with E-state index in [0.29, 0.717) is 13.0 Å². The van der Waals surface area contributed by atoms with Crippen LogP contribution in [-0.2, 0) is 4.79 Å². The molecule has 4 heteroatoms. The molecule has 2 unspecified atom stereocenters. The second-order valence-corrected chi connectivity index (χ2v) is 4.82. The molecule has 0 spiro atoms. The highest BCUT2D eigenvalue weighted by Gasteiger charge is 2.17. The van der Waals surface area contributed by atoms with Gasteiger partial charge in [-0.3, -0.25) is 4.79 Å². The van der Waals surface area contributed by atoms with Gasteiger partial charge in [-0.25, -0.2) is 0 Å². The van der Waals surface area contributed by atoms with Crippen LogP contribution >= 0.6 is 0 Å². The molecule has 0 heterocycles. The van der Waals surface area contributed by atoms with Crippen molar-refractivity contribution in [2.75, 3.05) is 13.7 Å². The van der Waals surface area contributed by atoms with Gasteiger partial charge in [-0.15, -0.1) is 0 Å². The first-order valence-electron chi connectivity index (χ1n) is 6.74. The number of hydrogen-bond acceptors (Lipinski definition) is 3. The molecule has 19 heavy (non-hydrogen) atoms. The number of nitrogens with two attached hydrogens (primary N) is 1. The Morgan fingerprint density at radius 2 is 2.11 bits per heavy atom. The fraction of sp³-hybridized carbons (Fsp3) is 0.533. The lowest BCUT2D eigenvalue weighted by Crippen LogP contribution is -2.30. The van der Waals surface area contributed by atoms with E-state index in [9.17, 15) is 4.79 Å². The van der Waals surface area contributed by atoms with E-state index in [-0.39, 0.29) is 17.9 Å². The first-order valence-corrected chi connectivity index (χ1v) is 6.74. The van der Waals surface area contributed by atoms with E-state index in [0.717, 1.165) is 17.7 Å². The number of para-hydroxylation sites is 1. The van der Waals surface area contributed by atoms with E-state index in [1.54, 1.807) is 7.11 Å². The molecule has 0 saturated heterocycles. The Balaban J connectivity index is 2.75. The van der Waals surface area contributed by atoms with Gasteiger partial charge in [-0.1, -0.05) is 32.0 Å². The molecule has 0 aliphatic heterocycles. The van der Waals surface area contributed by atoms with Crippen LogP contribution in [0.4, 0.5) is 0 Å². The third-order valence-corrected chi connectivity index (χ3v) is 3.19. The van der Waals surface area contributed by atoms with Crippen LogP contribution in [0.2, 0.25) is 0 Å². The van der Waals surface area contributed by atoms with Gasteiger partial charge >= 0.3 is 0 Å². The van der Waals surface area contributed by atoms with Gasteiger partial charge < -0.3 is 15.8 Å². The first-order chi connectivity index (χ1) is 9.12. The number of hydrogen-bond donors (Lipinski definition) is 2.